The number of pyridine rings is 1. The van der Waals surface area contributed by atoms with Crippen LogP contribution in [0, 0.1) is 11.7 Å². The highest BCUT2D eigenvalue weighted by molar-refractivity contribution is 5.91. The average Bonchev–Trinajstić information content (AvgIpc) is 2.32. The average molecular weight is 310 g/mol. The Morgan fingerprint density at radius 3 is 2.68 bits per heavy atom. The number of rotatable bonds is 2. The number of aromatic nitrogens is 1. The van der Waals surface area contributed by atoms with Gasteiger partial charge in [0.1, 0.15) is 11.6 Å². The molecule has 0 saturated heterocycles. The normalized spacial score (nSPS) is 21.8. The number of carbonyl (C=O) groups is 1. The first-order valence-electron chi connectivity index (χ1n) is 5.83. The van der Waals surface area contributed by atoms with E-state index in [0.29, 0.717) is 12.2 Å². The third-order valence-corrected chi connectivity index (χ3v) is 3.06. The van der Waals surface area contributed by atoms with Gasteiger partial charge in [-0.25, -0.2) is 9.37 Å². The van der Waals surface area contributed by atoms with Gasteiger partial charge in [-0.05, 0) is 31.4 Å². The molecule has 3 N–H and O–H groups in total. The molecule has 1 aromatic heterocycles. The van der Waals surface area contributed by atoms with Gasteiger partial charge in [-0.2, -0.15) is 0 Å². The highest BCUT2D eigenvalue weighted by atomic mass is 35.5. The van der Waals surface area contributed by atoms with Crippen LogP contribution in [0.25, 0.3) is 0 Å². The molecule has 0 bridgehead atoms. The lowest BCUT2D eigenvalue weighted by Gasteiger charge is -2.25. The van der Waals surface area contributed by atoms with E-state index in [1.54, 1.807) is 0 Å². The molecule has 1 aromatic rings. The van der Waals surface area contributed by atoms with Crippen molar-refractivity contribution in [3.63, 3.8) is 0 Å². The van der Waals surface area contributed by atoms with E-state index >= 15 is 0 Å². The molecule has 108 valence electrons. The molecule has 1 aliphatic rings. The molecular weight excluding hydrogens is 292 g/mol. The van der Waals surface area contributed by atoms with E-state index in [2.05, 4.69) is 10.3 Å². The summed E-state index contributed by atoms with van der Waals surface area (Å²) in [4.78, 5) is 15.7. The van der Waals surface area contributed by atoms with Crippen molar-refractivity contribution < 1.29 is 9.18 Å². The van der Waals surface area contributed by atoms with Gasteiger partial charge in [0.05, 0.1) is 6.20 Å². The van der Waals surface area contributed by atoms with Crippen molar-refractivity contribution >= 4 is 36.5 Å². The molecule has 19 heavy (non-hydrogen) atoms. The maximum Gasteiger partial charge on any atom is 0.228 e. The standard InChI is InChI=1S/C12H16FN3O.2ClH/c13-9-4-5-11(15-7-9)16-12(17)8-2-1-3-10(14)6-8;;/h4-5,7-8,10H,1-3,6,14H2,(H,15,16,17);2*1H. The van der Waals surface area contributed by atoms with Crippen LogP contribution < -0.4 is 11.1 Å². The number of carbonyl (C=O) groups excluding carboxylic acids is 1. The monoisotopic (exact) mass is 309 g/mol. The first-order chi connectivity index (χ1) is 8.15. The van der Waals surface area contributed by atoms with Gasteiger partial charge in [0.25, 0.3) is 0 Å². The van der Waals surface area contributed by atoms with Gasteiger partial charge < -0.3 is 11.1 Å². The molecule has 0 aliphatic heterocycles. The van der Waals surface area contributed by atoms with Gasteiger partial charge in [-0.1, -0.05) is 6.42 Å². The second kappa shape index (κ2) is 8.30. The number of nitrogens with zero attached hydrogens (tertiary/aromatic N) is 1. The molecule has 4 nitrogen and oxygen atoms in total. The molecule has 7 heteroatoms. The number of anilines is 1. The Kier molecular flexibility index (Phi) is 7.90. The van der Waals surface area contributed by atoms with Crippen molar-refractivity contribution in [3.8, 4) is 0 Å². The summed E-state index contributed by atoms with van der Waals surface area (Å²) >= 11 is 0. The summed E-state index contributed by atoms with van der Waals surface area (Å²) in [5.41, 5.74) is 5.83. The fourth-order valence-corrected chi connectivity index (χ4v) is 2.14. The lowest BCUT2D eigenvalue weighted by molar-refractivity contribution is -0.120. The summed E-state index contributed by atoms with van der Waals surface area (Å²) < 4.78 is 12.6. The Morgan fingerprint density at radius 1 is 1.37 bits per heavy atom. The molecule has 1 saturated carbocycles. The minimum Gasteiger partial charge on any atom is -0.328 e. The Balaban J connectivity index is 0.00000162. The molecule has 0 radical (unpaired) electrons. The number of hydrogen-bond donors (Lipinski definition) is 2. The van der Waals surface area contributed by atoms with Gasteiger partial charge in [0.15, 0.2) is 0 Å². The van der Waals surface area contributed by atoms with E-state index in [-0.39, 0.29) is 42.7 Å². The van der Waals surface area contributed by atoms with Gasteiger partial charge >= 0.3 is 0 Å². The fraction of sp³-hybridized carbons (Fsp3) is 0.500. The molecule has 1 heterocycles. The highest BCUT2D eigenvalue weighted by Gasteiger charge is 2.25. The van der Waals surface area contributed by atoms with Crippen LogP contribution in [0.2, 0.25) is 0 Å². The largest absolute Gasteiger partial charge is 0.328 e. The third-order valence-electron chi connectivity index (χ3n) is 3.06. The number of nitrogens with two attached hydrogens (primary N) is 1. The Bertz CT molecular complexity index is 402. The highest BCUT2D eigenvalue weighted by Crippen LogP contribution is 2.24. The lowest BCUT2D eigenvalue weighted by atomic mass is 9.85. The molecule has 1 aliphatic carbocycles. The van der Waals surface area contributed by atoms with Crippen LogP contribution in [0.4, 0.5) is 10.2 Å². The number of amides is 1. The summed E-state index contributed by atoms with van der Waals surface area (Å²) in [5.74, 6) is -0.150. The van der Waals surface area contributed by atoms with Crippen LogP contribution in [-0.2, 0) is 4.79 Å². The smallest absolute Gasteiger partial charge is 0.228 e. The van der Waals surface area contributed by atoms with E-state index in [9.17, 15) is 9.18 Å². The van der Waals surface area contributed by atoms with E-state index in [0.717, 1.165) is 25.5 Å². The molecule has 1 fully saturated rings. The summed E-state index contributed by atoms with van der Waals surface area (Å²) in [6, 6.07) is 2.84. The van der Waals surface area contributed by atoms with Crippen molar-refractivity contribution in [3.05, 3.63) is 24.1 Å². The van der Waals surface area contributed by atoms with Crippen LogP contribution in [0.15, 0.2) is 18.3 Å². The van der Waals surface area contributed by atoms with Gasteiger partial charge in [0.2, 0.25) is 5.91 Å². The fourth-order valence-electron chi connectivity index (χ4n) is 2.14. The van der Waals surface area contributed by atoms with Crippen molar-refractivity contribution in [2.75, 3.05) is 5.32 Å². The Hall–Kier alpha value is -0.910. The molecule has 2 rings (SSSR count). The van der Waals surface area contributed by atoms with Gasteiger partial charge in [-0.15, -0.1) is 24.8 Å². The van der Waals surface area contributed by atoms with Crippen LogP contribution >= 0.6 is 24.8 Å². The maximum atomic E-state index is 12.6. The van der Waals surface area contributed by atoms with Crippen LogP contribution in [0.3, 0.4) is 0 Å². The SMILES string of the molecule is Cl.Cl.NC1CCCC(C(=O)Nc2ccc(F)cn2)C1. The zero-order valence-electron chi connectivity index (χ0n) is 10.3. The minimum absolute atomic E-state index is 0. The van der Waals surface area contributed by atoms with Crippen molar-refractivity contribution in [1.29, 1.82) is 0 Å². The van der Waals surface area contributed by atoms with Crippen molar-refractivity contribution in [2.45, 2.75) is 31.7 Å². The molecule has 0 aromatic carbocycles. The lowest BCUT2D eigenvalue weighted by Crippen LogP contribution is -2.34. The number of hydrogen-bond acceptors (Lipinski definition) is 3. The zero-order chi connectivity index (χ0) is 12.3. The van der Waals surface area contributed by atoms with Crippen LogP contribution in [0.1, 0.15) is 25.7 Å². The molecule has 0 spiro atoms. The quantitative estimate of drug-likeness (QED) is 0.882. The van der Waals surface area contributed by atoms with E-state index in [1.165, 1.54) is 12.1 Å². The first kappa shape index (κ1) is 18.1. The topological polar surface area (TPSA) is 68.0 Å². The Morgan fingerprint density at radius 2 is 2.11 bits per heavy atom. The van der Waals surface area contributed by atoms with Crippen molar-refractivity contribution in [2.24, 2.45) is 11.7 Å². The number of halogens is 3. The summed E-state index contributed by atoms with van der Waals surface area (Å²) in [6.07, 6.45) is 4.63. The van der Waals surface area contributed by atoms with E-state index in [1.807, 2.05) is 0 Å². The van der Waals surface area contributed by atoms with Crippen LogP contribution in [0.5, 0.6) is 0 Å². The second-order valence-corrected chi connectivity index (χ2v) is 4.47. The van der Waals surface area contributed by atoms with Crippen molar-refractivity contribution in [1.82, 2.24) is 4.98 Å². The van der Waals surface area contributed by atoms with Gasteiger partial charge in [-0.3, -0.25) is 4.79 Å². The second-order valence-electron chi connectivity index (χ2n) is 4.47. The van der Waals surface area contributed by atoms with E-state index < -0.39 is 5.82 Å². The van der Waals surface area contributed by atoms with Gasteiger partial charge in [0, 0.05) is 12.0 Å². The maximum absolute atomic E-state index is 12.6. The first-order valence-corrected chi connectivity index (χ1v) is 5.83. The molecule has 1 amide bonds. The summed E-state index contributed by atoms with van der Waals surface area (Å²) in [5, 5.41) is 2.69. The van der Waals surface area contributed by atoms with Crippen LogP contribution in [-0.4, -0.2) is 16.9 Å². The molecule has 2 unspecified atom stereocenters. The molecular formula is C12H18Cl2FN3O. The third kappa shape index (κ3) is 5.30. The predicted octanol–water partition coefficient (Wildman–Crippen LogP) is 2.52. The number of nitrogens with one attached hydrogen (secondary N) is 1. The predicted molar refractivity (Wildman–Crippen MR) is 77.3 cm³/mol. The van der Waals surface area contributed by atoms with E-state index in [4.69, 9.17) is 5.73 Å². The summed E-state index contributed by atoms with van der Waals surface area (Å²) in [6.45, 7) is 0. The Labute approximate surface area is 124 Å². The minimum atomic E-state index is -0.414. The molecule has 2 atom stereocenters. The summed E-state index contributed by atoms with van der Waals surface area (Å²) in [7, 11) is 0. The zero-order valence-corrected chi connectivity index (χ0v) is 12.0.